The van der Waals surface area contributed by atoms with Crippen molar-refractivity contribution in [3.05, 3.63) is 22.5 Å². The van der Waals surface area contributed by atoms with Crippen molar-refractivity contribution in [1.82, 2.24) is 9.78 Å². The van der Waals surface area contributed by atoms with Crippen LogP contribution >= 0.6 is 0 Å². The van der Waals surface area contributed by atoms with Crippen molar-refractivity contribution in [1.29, 1.82) is 0 Å². The third-order valence-corrected chi connectivity index (χ3v) is 1.47. The minimum absolute atomic E-state index is 0.0323. The standard InChI is InChI=1S/C4H8B3N3O2/c5-4(6,7)9-2-3(1-8-9)10(11)12/h1-2H,5-7H2. The molecule has 0 amide bonds. The molecule has 0 aliphatic rings. The molecule has 0 N–H and O–H groups in total. The van der Waals surface area contributed by atoms with E-state index >= 15 is 0 Å². The van der Waals surface area contributed by atoms with Gasteiger partial charge in [-0.2, -0.15) is 5.10 Å². The van der Waals surface area contributed by atoms with Gasteiger partial charge in [0.25, 0.3) is 0 Å². The summed E-state index contributed by atoms with van der Waals surface area (Å²) in [6.07, 6.45) is 2.69. The number of nitro groups is 1. The maximum absolute atomic E-state index is 10.3. The van der Waals surface area contributed by atoms with Crippen LogP contribution in [0.4, 0.5) is 5.69 Å². The van der Waals surface area contributed by atoms with Crippen LogP contribution in [0.15, 0.2) is 12.4 Å². The zero-order chi connectivity index (χ0) is 9.35. The van der Waals surface area contributed by atoms with Crippen LogP contribution in [-0.4, -0.2) is 38.2 Å². The van der Waals surface area contributed by atoms with E-state index in [1.165, 1.54) is 12.4 Å². The highest BCUT2D eigenvalue weighted by Crippen LogP contribution is 2.10. The first-order valence-electron chi connectivity index (χ1n) is 3.61. The van der Waals surface area contributed by atoms with Gasteiger partial charge in [-0.3, -0.25) is 14.8 Å². The SMILES string of the molecule is BC(B)(B)n1cc([N+](=O)[O-])cn1. The van der Waals surface area contributed by atoms with Gasteiger partial charge in [0.1, 0.15) is 35.9 Å². The number of nitrogens with zero attached hydrogens (tertiary/aromatic N) is 3. The van der Waals surface area contributed by atoms with Crippen molar-refractivity contribution in [2.24, 2.45) is 0 Å². The summed E-state index contributed by atoms with van der Waals surface area (Å²) in [6.45, 7) is 0. The molecule has 0 saturated carbocycles. The van der Waals surface area contributed by atoms with Crippen LogP contribution in [0.2, 0.25) is 0 Å². The molecule has 1 rings (SSSR count). The zero-order valence-electron chi connectivity index (χ0n) is 7.31. The fourth-order valence-corrected chi connectivity index (χ4v) is 0.774. The molecule has 0 unspecified atom stereocenters. The molecular weight excluding hydrogens is 154 g/mol. The molecule has 0 aliphatic carbocycles. The van der Waals surface area contributed by atoms with Gasteiger partial charge in [0, 0.05) is 0 Å². The molecule has 60 valence electrons. The van der Waals surface area contributed by atoms with Gasteiger partial charge >= 0.3 is 5.69 Å². The van der Waals surface area contributed by atoms with E-state index < -0.39 is 4.92 Å². The fraction of sp³-hybridized carbons (Fsp3) is 0.250. The number of aromatic nitrogens is 2. The van der Waals surface area contributed by atoms with E-state index in [1.54, 1.807) is 4.68 Å². The smallest absolute Gasteiger partial charge is 0.283 e. The molecule has 0 aliphatic heterocycles. The first-order chi connectivity index (χ1) is 5.41. The second-order valence-corrected chi connectivity index (χ2v) is 3.57. The van der Waals surface area contributed by atoms with Crippen LogP contribution in [0.1, 0.15) is 0 Å². The van der Waals surface area contributed by atoms with Gasteiger partial charge in [-0.25, -0.2) is 0 Å². The minimum Gasteiger partial charge on any atom is -0.283 e. The fourth-order valence-electron chi connectivity index (χ4n) is 0.774. The first kappa shape index (κ1) is 8.90. The summed E-state index contributed by atoms with van der Waals surface area (Å²) in [6, 6.07) is 0. The van der Waals surface area contributed by atoms with Gasteiger partial charge in [-0.1, -0.05) is 0 Å². The van der Waals surface area contributed by atoms with Gasteiger partial charge in [0.15, 0.2) is 0 Å². The molecule has 0 bridgehead atoms. The summed E-state index contributed by atoms with van der Waals surface area (Å²) in [7, 11) is 5.80. The lowest BCUT2D eigenvalue weighted by Crippen LogP contribution is -2.35. The Kier molecular flexibility index (Phi) is 2.00. The lowest BCUT2D eigenvalue weighted by Gasteiger charge is -2.17. The summed E-state index contributed by atoms with van der Waals surface area (Å²) in [4.78, 5) is 9.84. The van der Waals surface area contributed by atoms with E-state index in [2.05, 4.69) is 5.10 Å². The predicted molar refractivity (Wildman–Crippen MR) is 52.5 cm³/mol. The molecule has 1 heterocycles. The van der Waals surface area contributed by atoms with Gasteiger partial charge in [0.05, 0.1) is 4.92 Å². The molecule has 5 nitrogen and oxygen atoms in total. The molecular formula is C4H8B3N3O2. The van der Waals surface area contributed by atoms with Crippen molar-refractivity contribution in [3.63, 3.8) is 0 Å². The second kappa shape index (κ2) is 2.69. The van der Waals surface area contributed by atoms with Crippen molar-refractivity contribution in [2.75, 3.05) is 0 Å². The van der Waals surface area contributed by atoms with Gasteiger partial charge in [-0.15, -0.1) is 0 Å². The normalized spacial score (nSPS) is 11.3. The molecule has 0 fully saturated rings. The van der Waals surface area contributed by atoms with E-state index in [4.69, 9.17) is 0 Å². The third kappa shape index (κ3) is 1.69. The molecule has 12 heavy (non-hydrogen) atoms. The summed E-state index contributed by atoms with van der Waals surface area (Å²) >= 11 is 0. The Morgan fingerprint density at radius 1 is 1.58 bits per heavy atom. The highest BCUT2D eigenvalue weighted by molar-refractivity contribution is 6.56. The molecule has 1 aromatic rings. The van der Waals surface area contributed by atoms with Crippen molar-refractivity contribution >= 4 is 29.2 Å². The van der Waals surface area contributed by atoms with Gasteiger partial charge in [-0.05, 0) is 5.24 Å². The maximum Gasteiger partial charge on any atom is 0.306 e. The van der Waals surface area contributed by atoms with Crippen LogP contribution in [0.5, 0.6) is 0 Å². The molecule has 0 saturated heterocycles. The van der Waals surface area contributed by atoms with Crippen LogP contribution in [0, 0.1) is 10.1 Å². The second-order valence-electron chi connectivity index (χ2n) is 3.57. The van der Waals surface area contributed by atoms with E-state index in [9.17, 15) is 10.1 Å². The van der Waals surface area contributed by atoms with E-state index in [1.807, 2.05) is 23.5 Å². The predicted octanol–water partition coefficient (Wildman–Crippen LogP) is -2.74. The van der Waals surface area contributed by atoms with Crippen LogP contribution in [-0.2, 0) is 5.24 Å². The Morgan fingerprint density at radius 3 is 2.42 bits per heavy atom. The molecule has 1 aromatic heterocycles. The number of hydrogen-bond acceptors (Lipinski definition) is 3. The quantitative estimate of drug-likeness (QED) is 0.269. The monoisotopic (exact) mass is 163 g/mol. The molecule has 0 radical (unpaired) electrons. The Balaban J connectivity index is 3.00. The summed E-state index contributed by atoms with van der Waals surface area (Å²) in [5.41, 5.74) is 0.0323. The van der Waals surface area contributed by atoms with Gasteiger partial charge in [0.2, 0.25) is 0 Å². The molecule has 0 spiro atoms. The van der Waals surface area contributed by atoms with E-state index in [0.29, 0.717) is 0 Å². The average molecular weight is 163 g/mol. The highest BCUT2D eigenvalue weighted by atomic mass is 16.6. The number of rotatable bonds is 2. The molecule has 0 atom stereocenters. The Hall–Kier alpha value is -1.20. The molecule has 8 heteroatoms. The maximum atomic E-state index is 10.3. The lowest BCUT2D eigenvalue weighted by molar-refractivity contribution is -0.385. The Bertz CT molecular complexity index is 305. The summed E-state index contributed by atoms with van der Waals surface area (Å²) < 4.78 is 1.57. The number of hydrogen-bond donors (Lipinski definition) is 0. The summed E-state index contributed by atoms with van der Waals surface area (Å²) in [5.74, 6) is 0. The van der Waals surface area contributed by atoms with Crippen molar-refractivity contribution < 1.29 is 4.92 Å². The molecule has 0 aromatic carbocycles. The highest BCUT2D eigenvalue weighted by Gasteiger charge is 2.17. The van der Waals surface area contributed by atoms with Crippen LogP contribution in [0.3, 0.4) is 0 Å². The van der Waals surface area contributed by atoms with Crippen molar-refractivity contribution in [3.8, 4) is 0 Å². The van der Waals surface area contributed by atoms with Crippen molar-refractivity contribution in [2.45, 2.75) is 5.24 Å². The van der Waals surface area contributed by atoms with E-state index in [0.717, 1.165) is 0 Å². The first-order valence-corrected chi connectivity index (χ1v) is 3.61. The third-order valence-electron chi connectivity index (χ3n) is 1.47. The lowest BCUT2D eigenvalue weighted by atomic mass is 9.49. The van der Waals surface area contributed by atoms with E-state index in [-0.39, 0.29) is 10.9 Å². The average Bonchev–Trinajstić information content (AvgIpc) is 2.30. The Labute approximate surface area is 72.5 Å². The topological polar surface area (TPSA) is 61.0 Å². The van der Waals surface area contributed by atoms with Gasteiger partial charge < -0.3 is 0 Å². The van der Waals surface area contributed by atoms with Crippen LogP contribution in [0.25, 0.3) is 0 Å². The van der Waals surface area contributed by atoms with Crippen LogP contribution < -0.4 is 0 Å². The largest absolute Gasteiger partial charge is 0.306 e. The Morgan fingerprint density at radius 2 is 2.17 bits per heavy atom. The summed E-state index contributed by atoms with van der Waals surface area (Å²) in [5, 5.41) is 14.0. The zero-order valence-corrected chi connectivity index (χ0v) is 7.31. The minimum atomic E-state index is -0.449.